The van der Waals surface area contributed by atoms with Crippen LogP contribution in [0.25, 0.3) is 0 Å². The minimum atomic E-state index is -4.75. The Bertz CT molecular complexity index is 1260. The predicted molar refractivity (Wildman–Crippen MR) is 142 cm³/mol. The average molecular weight is 566 g/mol. The number of carbonyl (C=O) groups is 1. The minimum absolute atomic E-state index is 0.0484. The van der Waals surface area contributed by atoms with Crippen LogP contribution in [0, 0.1) is 0 Å². The van der Waals surface area contributed by atoms with Crippen molar-refractivity contribution >= 4 is 47.1 Å². The molecule has 2 aliphatic carbocycles. The Morgan fingerprint density at radius 1 is 1.08 bits per heavy atom. The molecule has 1 fully saturated rings. The average Bonchev–Trinajstić information content (AvgIpc) is 2.84. The first-order chi connectivity index (χ1) is 18.1. The summed E-state index contributed by atoms with van der Waals surface area (Å²) in [6.45, 7) is 0. The second-order valence-corrected chi connectivity index (χ2v) is 9.70. The number of amidine groups is 1. The lowest BCUT2D eigenvalue weighted by atomic mass is 9.76. The first kappa shape index (κ1) is 27.5. The van der Waals surface area contributed by atoms with Crippen LogP contribution in [-0.2, 0) is 0 Å². The van der Waals surface area contributed by atoms with Gasteiger partial charge in [-0.3, -0.25) is 0 Å². The number of nitrogens with two attached hydrogens (primary N) is 1. The van der Waals surface area contributed by atoms with Gasteiger partial charge >= 0.3 is 12.4 Å². The van der Waals surface area contributed by atoms with Crippen LogP contribution in [0.4, 0.5) is 23.7 Å². The highest BCUT2D eigenvalue weighted by Crippen LogP contribution is 2.37. The number of aliphatic imine (C=N–C) groups is 2. The van der Waals surface area contributed by atoms with Gasteiger partial charge in [-0.15, -0.1) is 24.8 Å². The molecule has 1 saturated carbocycles. The van der Waals surface area contributed by atoms with E-state index < -0.39 is 17.8 Å². The van der Waals surface area contributed by atoms with Gasteiger partial charge in [0.1, 0.15) is 17.9 Å². The van der Waals surface area contributed by atoms with Gasteiger partial charge in [-0.05, 0) is 54.7 Å². The summed E-state index contributed by atoms with van der Waals surface area (Å²) in [7, 11) is 0. The Hall–Kier alpha value is -3.50. The van der Waals surface area contributed by atoms with E-state index in [1.54, 1.807) is 18.2 Å². The molecule has 2 aliphatic rings. The number of allylic oxidation sites excluding steroid dienone is 2. The number of amides is 2. The zero-order valence-corrected chi connectivity index (χ0v) is 21.3. The molecule has 0 radical (unpaired) electrons. The molecule has 12 heteroatoms. The molecular weight excluding hydrogens is 542 g/mol. The molecular formula is C26H24Cl2F3N5O2. The van der Waals surface area contributed by atoms with Crippen molar-refractivity contribution in [1.82, 2.24) is 10.6 Å². The molecule has 0 heterocycles. The fraction of sp³-hybridized carbons (Fsp3) is 0.269. The molecule has 2 amide bonds. The molecule has 0 saturated heterocycles. The molecule has 200 valence electrons. The van der Waals surface area contributed by atoms with E-state index in [0.29, 0.717) is 22.2 Å². The minimum Gasteiger partial charge on any atom is -0.406 e. The maximum atomic E-state index is 12.3. The maximum Gasteiger partial charge on any atom is 0.573 e. The third-order valence-corrected chi connectivity index (χ3v) is 6.84. The molecule has 7 nitrogen and oxygen atoms in total. The Kier molecular flexibility index (Phi) is 8.63. The molecule has 0 bridgehead atoms. The molecule has 2 atom stereocenters. The smallest absolute Gasteiger partial charge is 0.406 e. The number of alkyl halides is 4. The number of urea groups is 1. The number of hydrogen-bond donors (Lipinski definition) is 3. The number of rotatable bonds is 7. The van der Waals surface area contributed by atoms with Crippen molar-refractivity contribution < 1.29 is 22.7 Å². The Morgan fingerprint density at radius 2 is 1.76 bits per heavy atom. The number of nitrogens with one attached hydrogen (secondary N) is 2. The lowest BCUT2D eigenvalue weighted by Gasteiger charge is -2.36. The highest BCUT2D eigenvalue weighted by molar-refractivity contribution is 6.32. The van der Waals surface area contributed by atoms with Crippen LogP contribution in [0.3, 0.4) is 0 Å². The zero-order chi connectivity index (χ0) is 27.3. The lowest BCUT2D eigenvalue weighted by molar-refractivity contribution is -0.274. The summed E-state index contributed by atoms with van der Waals surface area (Å²) < 4.78 is 40.5. The van der Waals surface area contributed by atoms with Gasteiger partial charge in [0.15, 0.2) is 0 Å². The van der Waals surface area contributed by atoms with Crippen molar-refractivity contribution in [2.45, 2.75) is 42.6 Å². The van der Waals surface area contributed by atoms with Gasteiger partial charge < -0.3 is 21.1 Å². The van der Waals surface area contributed by atoms with Crippen LogP contribution in [0.15, 0.2) is 81.8 Å². The maximum absolute atomic E-state index is 12.3. The van der Waals surface area contributed by atoms with E-state index in [0.717, 1.165) is 30.5 Å². The van der Waals surface area contributed by atoms with Gasteiger partial charge in [-0.1, -0.05) is 48.0 Å². The summed E-state index contributed by atoms with van der Waals surface area (Å²) in [4.78, 5) is 20.5. The van der Waals surface area contributed by atoms with Gasteiger partial charge in [-0.25, -0.2) is 14.8 Å². The Labute approximate surface area is 227 Å². The topological polar surface area (TPSA) is 101 Å². The number of ether oxygens (including phenoxy) is 1. The van der Waals surface area contributed by atoms with Crippen molar-refractivity contribution in [2.75, 3.05) is 0 Å². The van der Waals surface area contributed by atoms with Crippen molar-refractivity contribution in [2.24, 2.45) is 15.7 Å². The standard InChI is InChI=1S/C26H24Cl2F3N5O2/c27-21-2-1-3-22(28)23(21)36-25(37)35-19-12-17(13-19)15-4-6-16(7-5-15)24(32)34-14-33-18-8-10-20(11-9-18)38-26(29,30)31/h1-11,14,17,19,21,23H,12-13H2,(H2,32,33,34)(H2,35,36,37). The van der Waals surface area contributed by atoms with Gasteiger partial charge in [0.25, 0.3) is 0 Å². The van der Waals surface area contributed by atoms with Crippen LogP contribution in [0.1, 0.15) is 29.9 Å². The fourth-order valence-corrected chi connectivity index (χ4v) is 4.65. The molecule has 4 rings (SSSR count). The van der Waals surface area contributed by atoms with E-state index in [-0.39, 0.29) is 23.7 Å². The van der Waals surface area contributed by atoms with E-state index in [2.05, 4.69) is 25.4 Å². The molecule has 0 spiro atoms. The highest BCUT2D eigenvalue weighted by Gasteiger charge is 2.33. The molecule has 2 aromatic rings. The van der Waals surface area contributed by atoms with Crippen molar-refractivity contribution in [3.63, 3.8) is 0 Å². The summed E-state index contributed by atoms with van der Waals surface area (Å²) >= 11 is 12.4. The number of nitrogens with zero attached hydrogens (tertiary/aromatic N) is 2. The fourth-order valence-electron chi connectivity index (χ4n) is 4.04. The second kappa shape index (κ2) is 11.9. The van der Waals surface area contributed by atoms with Gasteiger partial charge in [-0.2, -0.15) is 0 Å². The summed E-state index contributed by atoms with van der Waals surface area (Å²) in [5.41, 5.74) is 8.25. The molecule has 4 N–H and O–H groups in total. The monoisotopic (exact) mass is 565 g/mol. The summed E-state index contributed by atoms with van der Waals surface area (Å²) in [6.07, 6.45) is 3.31. The molecule has 2 aromatic carbocycles. The van der Waals surface area contributed by atoms with E-state index in [4.69, 9.17) is 28.9 Å². The highest BCUT2D eigenvalue weighted by atomic mass is 35.5. The van der Waals surface area contributed by atoms with Crippen LogP contribution in [-0.4, -0.2) is 42.0 Å². The Morgan fingerprint density at radius 3 is 2.39 bits per heavy atom. The van der Waals surface area contributed by atoms with Crippen LogP contribution in [0.2, 0.25) is 0 Å². The number of halogens is 5. The van der Waals surface area contributed by atoms with Crippen LogP contribution >= 0.6 is 23.2 Å². The molecule has 38 heavy (non-hydrogen) atoms. The largest absolute Gasteiger partial charge is 0.573 e. The lowest BCUT2D eigenvalue weighted by Crippen LogP contribution is -2.52. The van der Waals surface area contributed by atoms with E-state index >= 15 is 0 Å². The normalized spacial score (nSPS) is 23.5. The third kappa shape index (κ3) is 7.52. The van der Waals surface area contributed by atoms with E-state index in [9.17, 15) is 18.0 Å². The first-order valence-corrected chi connectivity index (χ1v) is 12.5. The zero-order valence-electron chi connectivity index (χ0n) is 19.8. The van der Waals surface area contributed by atoms with Crippen molar-refractivity contribution in [3.05, 3.63) is 82.9 Å². The molecule has 0 aliphatic heterocycles. The quantitative estimate of drug-likeness (QED) is 0.222. The first-order valence-electron chi connectivity index (χ1n) is 11.6. The SMILES string of the molecule is NC(=NC=Nc1ccc(OC(F)(F)F)cc1)c1ccc(C2CC(NC(=O)NC3C(Cl)=CC=CC3Cl)C2)cc1. The molecule has 2 unspecified atom stereocenters. The summed E-state index contributed by atoms with van der Waals surface area (Å²) in [6, 6.07) is 12.0. The number of carbonyl (C=O) groups excluding carboxylic acids is 1. The van der Waals surface area contributed by atoms with Crippen LogP contribution in [0.5, 0.6) is 5.75 Å². The second-order valence-electron chi connectivity index (χ2n) is 8.76. The van der Waals surface area contributed by atoms with Gasteiger partial charge in [0.2, 0.25) is 0 Å². The Balaban J connectivity index is 1.24. The van der Waals surface area contributed by atoms with E-state index in [1.807, 2.05) is 24.3 Å². The van der Waals surface area contributed by atoms with Gasteiger partial charge in [0.05, 0.1) is 17.1 Å². The summed E-state index contributed by atoms with van der Waals surface area (Å²) in [5.74, 6) is 0.213. The van der Waals surface area contributed by atoms with E-state index in [1.165, 1.54) is 18.5 Å². The number of benzene rings is 2. The summed E-state index contributed by atoms with van der Waals surface area (Å²) in [5, 5.41) is 5.85. The third-order valence-electron chi connectivity index (χ3n) is 6.08. The molecule has 0 aromatic heterocycles. The van der Waals surface area contributed by atoms with Crippen LogP contribution < -0.4 is 21.1 Å². The van der Waals surface area contributed by atoms with Gasteiger partial charge in [0, 0.05) is 16.6 Å². The number of hydrogen-bond acceptors (Lipinski definition) is 3. The van der Waals surface area contributed by atoms with Crippen molar-refractivity contribution in [3.8, 4) is 5.75 Å². The van der Waals surface area contributed by atoms with Crippen molar-refractivity contribution in [1.29, 1.82) is 0 Å². The predicted octanol–water partition coefficient (Wildman–Crippen LogP) is 5.86.